The molecule has 2 nitrogen and oxygen atoms in total. The molecule has 0 aliphatic heterocycles. The second-order valence-electron chi connectivity index (χ2n) is 4.34. The van der Waals surface area contributed by atoms with E-state index in [1.54, 1.807) is 0 Å². The molecule has 2 atom stereocenters. The van der Waals surface area contributed by atoms with Crippen molar-refractivity contribution in [3.8, 4) is 11.5 Å². The van der Waals surface area contributed by atoms with Crippen LogP contribution in [0.15, 0.2) is 48.5 Å². The summed E-state index contributed by atoms with van der Waals surface area (Å²) in [6.45, 7) is 2.28. The largest absolute Gasteiger partial charge is 0.508 e. The van der Waals surface area contributed by atoms with Crippen molar-refractivity contribution in [2.24, 2.45) is 0 Å². The van der Waals surface area contributed by atoms with Crippen LogP contribution >= 0.6 is 0 Å². The number of hydrogen-bond donors (Lipinski definition) is 2. The maximum atomic E-state index is 9.53. The summed E-state index contributed by atoms with van der Waals surface area (Å²) < 4.78 is 51.2. The average molecular weight is 276 g/mol. The highest BCUT2D eigenvalue weighted by Gasteiger charge is 2.21. The summed E-state index contributed by atoms with van der Waals surface area (Å²) in [4.78, 5) is 0. The number of benzene rings is 2. The predicted molar refractivity (Wildman–Crippen MR) is 82.3 cm³/mol. The lowest BCUT2D eigenvalue weighted by molar-refractivity contribution is 0.470. The number of aromatic hydroxyl groups is 2. The Morgan fingerprint density at radius 3 is 1.35 bits per heavy atom. The average Bonchev–Trinajstić information content (AvgIpc) is 2.52. The van der Waals surface area contributed by atoms with E-state index >= 15 is 0 Å². The van der Waals surface area contributed by atoms with E-state index in [1.165, 1.54) is 48.5 Å². The zero-order valence-corrected chi connectivity index (χ0v) is 11.5. The predicted octanol–water partition coefficient (Wildman–Crippen LogP) is 4.79. The Morgan fingerprint density at radius 1 is 0.800 bits per heavy atom. The molecule has 2 aromatic carbocycles. The van der Waals surface area contributed by atoms with Crippen molar-refractivity contribution < 1.29 is 18.4 Å². The monoisotopic (exact) mass is 276 g/mol. The Labute approximate surface area is 129 Å². The quantitative estimate of drug-likeness (QED) is 0.824. The van der Waals surface area contributed by atoms with Crippen LogP contribution in [0, 0.1) is 0 Å². The van der Waals surface area contributed by atoms with Crippen LogP contribution in [-0.2, 0) is 0 Å². The Balaban J connectivity index is 2.88. The lowest BCUT2D eigenvalue weighted by atomic mass is 9.78. The van der Waals surface area contributed by atoms with Gasteiger partial charge < -0.3 is 10.2 Å². The molecular formula is C18H22O2. The van der Waals surface area contributed by atoms with Crippen LogP contribution in [-0.4, -0.2) is 10.2 Å². The number of phenolic OH excluding ortho intramolecular Hbond substituents is 2. The maximum Gasteiger partial charge on any atom is 0.115 e. The molecule has 0 saturated carbocycles. The molecule has 2 heteroatoms. The van der Waals surface area contributed by atoms with E-state index in [9.17, 15) is 10.2 Å². The summed E-state index contributed by atoms with van der Waals surface area (Å²) >= 11 is 0. The Morgan fingerprint density at radius 2 is 1.10 bits per heavy atom. The first-order valence-electron chi connectivity index (χ1n) is 9.34. The van der Waals surface area contributed by atoms with Gasteiger partial charge in [0, 0.05) is 8.22 Å². The van der Waals surface area contributed by atoms with Crippen LogP contribution in [0.25, 0.3) is 0 Å². The highest BCUT2D eigenvalue weighted by molar-refractivity contribution is 5.34. The number of hydrogen-bond acceptors (Lipinski definition) is 2. The highest BCUT2D eigenvalue weighted by atomic mass is 16.3. The SMILES string of the molecule is [2H]C([2H])(C)C([2H])(c1ccc(O)cc1)C([2H])(c1ccc(O)cc1)C([2H])([2H])C. The first kappa shape index (κ1) is 8.35. The fourth-order valence-corrected chi connectivity index (χ4v) is 2.08. The molecular weight excluding hydrogens is 248 g/mol. The minimum Gasteiger partial charge on any atom is -0.508 e. The molecule has 0 spiro atoms. The fraction of sp³-hybridized carbons (Fsp3) is 0.333. The van der Waals surface area contributed by atoms with Gasteiger partial charge in [-0.1, -0.05) is 38.1 Å². The first-order chi connectivity index (χ1) is 11.7. The van der Waals surface area contributed by atoms with Gasteiger partial charge in [0.05, 0.1) is 0 Å². The van der Waals surface area contributed by atoms with Crippen molar-refractivity contribution in [3.05, 3.63) is 59.7 Å². The molecule has 0 aromatic heterocycles. The van der Waals surface area contributed by atoms with E-state index in [1.807, 2.05) is 0 Å². The molecule has 0 bridgehead atoms. The summed E-state index contributed by atoms with van der Waals surface area (Å²) in [5.74, 6) is -4.87. The number of phenols is 2. The molecule has 106 valence electrons. The van der Waals surface area contributed by atoms with Gasteiger partial charge in [0.15, 0.2) is 0 Å². The van der Waals surface area contributed by atoms with Crippen LogP contribution in [0.1, 0.15) is 57.7 Å². The van der Waals surface area contributed by atoms with Crippen molar-refractivity contribution in [2.75, 3.05) is 0 Å². The third-order valence-corrected chi connectivity index (χ3v) is 3.06. The Kier molecular flexibility index (Phi) is 2.70. The smallest absolute Gasteiger partial charge is 0.115 e. The zero-order chi connectivity index (χ0) is 20.0. The molecule has 2 rings (SSSR count). The lowest BCUT2D eigenvalue weighted by Crippen LogP contribution is -2.10. The van der Waals surface area contributed by atoms with Crippen molar-refractivity contribution in [2.45, 2.75) is 38.4 Å². The second kappa shape index (κ2) is 6.47. The molecule has 20 heavy (non-hydrogen) atoms. The van der Waals surface area contributed by atoms with Gasteiger partial charge >= 0.3 is 0 Å². The maximum absolute atomic E-state index is 9.53. The van der Waals surface area contributed by atoms with Gasteiger partial charge in [-0.3, -0.25) is 0 Å². The molecule has 2 aromatic rings. The van der Waals surface area contributed by atoms with Crippen molar-refractivity contribution in [1.82, 2.24) is 0 Å². The van der Waals surface area contributed by atoms with Crippen LogP contribution in [0.2, 0.25) is 0 Å². The van der Waals surface area contributed by atoms with E-state index in [-0.39, 0.29) is 22.6 Å². The normalized spacial score (nSPS) is 22.9. The van der Waals surface area contributed by atoms with Gasteiger partial charge in [0.25, 0.3) is 0 Å². The fourth-order valence-electron chi connectivity index (χ4n) is 2.08. The zero-order valence-electron chi connectivity index (χ0n) is 17.5. The van der Waals surface area contributed by atoms with E-state index in [4.69, 9.17) is 8.22 Å². The molecule has 2 unspecified atom stereocenters. The lowest BCUT2D eigenvalue weighted by Gasteiger charge is -2.26. The van der Waals surface area contributed by atoms with Crippen molar-refractivity contribution in [3.63, 3.8) is 0 Å². The van der Waals surface area contributed by atoms with Gasteiger partial charge in [-0.25, -0.2) is 0 Å². The van der Waals surface area contributed by atoms with Crippen LogP contribution in [0.5, 0.6) is 11.5 Å². The van der Waals surface area contributed by atoms with Crippen LogP contribution < -0.4 is 0 Å². The van der Waals surface area contributed by atoms with E-state index in [2.05, 4.69) is 0 Å². The third-order valence-electron chi connectivity index (χ3n) is 3.06. The van der Waals surface area contributed by atoms with Crippen LogP contribution in [0.3, 0.4) is 0 Å². The van der Waals surface area contributed by atoms with Crippen molar-refractivity contribution >= 4 is 0 Å². The molecule has 0 amide bonds. The molecule has 2 N–H and O–H groups in total. The van der Waals surface area contributed by atoms with Gasteiger partial charge in [-0.2, -0.15) is 0 Å². The summed E-state index contributed by atoms with van der Waals surface area (Å²) in [6.07, 6.45) is -4.63. The summed E-state index contributed by atoms with van der Waals surface area (Å²) in [5, 5.41) is 19.1. The van der Waals surface area contributed by atoms with Gasteiger partial charge in [0.2, 0.25) is 0 Å². The highest BCUT2D eigenvalue weighted by Crippen LogP contribution is 2.38. The van der Waals surface area contributed by atoms with E-state index in [0.717, 1.165) is 13.8 Å². The van der Waals surface area contributed by atoms with E-state index in [0.29, 0.717) is 0 Å². The number of rotatable bonds is 5. The van der Waals surface area contributed by atoms with Gasteiger partial charge in [-0.15, -0.1) is 0 Å². The van der Waals surface area contributed by atoms with E-state index < -0.39 is 24.5 Å². The van der Waals surface area contributed by atoms with Crippen LogP contribution in [0.4, 0.5) is 0 Å². The topological polar surface area (TPSA) is 40.5 Å². The molecule has 0 aliphatic carbocycles. The summed E-state index contributed by atoms with van der Waals surface area (Å²) in [5.41, 5.74) is 0.133. The minimum atomic E-state index is -2.36. The summed E-state index contributed by atoms with van der Waals surface area (Å²) in [7, 11) is 0. The molecule has 0 radical (unpaired) electrons. The first-order valence-corrected chi connectivity index (χ1v) is 6.34. The standard InChI is InChI=1S/C18H22O2/c1-3-17(13-5-9-15(19)10-6-13)18(4-2)14-7-11-16(20)12-8-14/h5-12,17-20H,3-4H2,1-2H3/i3D2,4D2,17D,18D. The summed E-state index contributed by atoms with van der Waals surface area (Å²) in [6, 6.07) is 10.5. The third kappa shape index (κ3) is 3.13. The van der Waals surface area contributed by atoms with Gasteiger partial charge in [-0.05, 0) is 59.9 Å². The van der Waals surface area contributed by atoms with Crippen molar-refractivity contribution in [1.29, 1.82) is 0 Å². The second-order valence-corrected chi connectivity index (χ2v) is 4.34. The molecule has 0 fully saturated rings. The Hall–Kier alpha value is -1.96. The van der Waals surface area contributed by atoms with Gasteiger partial charge in [0.1, 0.15) is 11.5 Å². The Bertz CT molecular complexity index is 697. The molecule has 0 aliphatic rings. The minimum absolute atomic E-state index is 0.0663. The molecule has 0 heterocycles. The molecule has 0 saturated heterocycles.